The van der Waals surface area contributed by atoms with Crippen molar-refractivity contribution < 1.29 is 12.5 Å². The van der Waals surface area contributed by atoms with E-state index in [1.54, 1.807) is 26.0 Å². The van der Waals surface area contributed by atoms with E-state index in [0.717, 1.165) is 5.56 Å². The predicted molar refractivity (Wildman–Crippen MR) is 72.9 cm³/mol. The normalized spacial score (nSPS) is 32.5. The van der Waals surface area contributed by atoms with Crippen LogP contribution in [0.15, 0.2) is 29.2 Å². The molecule has 1 unspecified atom stereocenters. The molecule has 0 heterocycles. The minimum absolute atomic E-state index is 0.0539. The molecular weight excluding hydrogens is 246 g/mol. The molecular formula is C14H21NO2S. The fourth-order valence-corrected chi connectivity index (χ4v) is 3.18. The molecule has 0 aromatic heterocycles. The van der Waals surface area contributed by atoms with Crippen LogP contribution in [0, 0.1) is 12.3 Å². The Bertz CT molecular complexity index is 623. The highest BCUT2D eigenvalue weighted by atomic mass is 32.2. The van der Waals surface area contributed by atoms with Crippen LogP contribution in [-0.2, 0) is 10.0 Å². The van der Waals surface area contributed by atoms with Gasteiger partial charge in [0.15, 0.2) is 0 Å². The minimum atomic E-state index is -3.94. The zero-order valence-electron chi connectivity index (χ0n) is 13.9. The van der Waals surface area contributed by atoms with E-state index in [2.05, 4.69) is 4.72 Å². The number of hydrogen-bond acceptors (Lipinski definition) is 2. The molecule has 0 aliphatic heterocycles. The average molecular weight is 270 g/mol. The summed E-state index contributed by atoms with van der Waals surface area (Å²) in [5, 5.41) is 0. The van der Waals surface area contributed by atoms with Crippen LogP contribution in [0.1, 0.15) is 42.7 Å². The molecule has 3 nitrogen and oxygen atoms in total. The fourth-order valence-electron chi connectivity index (χ4n) is 1.95. The van der Waals surface area contributed by atoms with Crippen LogP contribution in [0.3, 0.4) is 0 Å². The standard InChI is InChI=1S/C14H21NO2S/c1-11-6-8-12(9-7-11)18(16,17)15-13-5-4-10-14(13,2)3/h6-9,13,15H,4-5,10H2,1-3H3/i5D2,13D. The number of aryl methyl sites for hydroxylation is 1. The first-order valence-electron chi connectivity index (χ1n) is 7.52. The number of nitrogens with one attached hydrogen (secondary N) is 1. The lowest BCUT2D eigenvalue weighted by Crippen LogP contribution is -2.41. The van der Waals surface area contributed by atoms with Crippen LogP contribution in [0.25, 0.3) is 0 Å². The Hall–Kier alpha value is -0.870. The van der Waals surface area contributed by atoms with Gasteiger partial charge in [0.05, 0.1) is 4.90 Å². The number of rotatable bonds is 3. The van der Waals surface area contributed by atoms with E-state index in [4.69, 9.17) is 4.11 Å². The van der Waals surface area contributed by atoms with Gasteiger partial charge < -0.3 is 0 Å². The van der Waals surface area contributed by atoms with Crippen LogP contribution >= 0.6 is 0 Å². The largest absolute Gasteiger partial charge is 0.240 e. The molecule has 1 aliphatic carbocycles. The molecule has 0 bridgehead atoms. The van der Waals surface area contributed by atoms with E-state index >= 15 is 0 Å². The number of sulfonamides is 1. The van der Waals surface area contributed by atoms with Gasteiger partial charge in [-0.2, -0.15) is 0 Å². The fraction of sp³-hybridized carbons (Fsp3) is 0.571. The average Bonchev–Trinajstić information content (AvgIpc) is 2.50. The van der Waals surface area contributed by atoms with Crippen molar-refractivity contribution in [2.45, 2.75) is 50.9 Å². The lowest BCUT2D eigenvalue weighted by Gasteiger charge is -2.27. The number of benzene rings is 1. The Morgan fingerprint density at radius 1 is 1.39 bits per heavy atom. The topological polar surface area (TPSA) is 46.2 Å². The van der Waals surface area contributed by atoms with Gasteiger partial charge in [-0.15, -0.1) is 0 Å². The SMILES string of the molecule is [2H]C1([2H])CCC(C)(C)C1([2H])NS(=O)(=O)c1ccc(C)cc1. The van der Waals surface area contributed by atoms with E-state index in [9.17, 15) is 8.42 Å². The highest BCUT2D eigenvalue weighted by Crippen LogP contribution is 2.37. The number of hydrogen-bond donors (Lipinski definition) is 1. The van der Waals surface area contributed by atoms with Crippen LogP contribution in [0.4, 0.5) is 0 Å². The Morgan fingerprint density at radius 3 is 2.50 bits per heavy atom. The van der Waals surface area contributed by atoms with E-state index in [1.807, 2.05) is 6.92 Å². The first-order valence-corrected chi connectivity index (χ1v) is 7.50. The molecule has 1 N–H and O–H groups in total. The second kappa shape index (κ2) is 4.67. The van der Waals surface area contributed by atoms with Crippen molar-refractivity contribution in [2.24, 2.45) is 5.41 Å². The maximum Gasteiger partial charge on any atom is 0.240 e. The first kappa shape index (κ1) is 9.98. The highest BCUT2D eigenvalue weighted by Gasteiger charge is 2.37. The van der Waals surface area contributed by atoms with E-state index in [1.165, 1.54) is 12.1 Å². The molecule has 1 saturated carbocycles. The van der Waals surface area contributed by atoms with Gasteiger partial charge in [-0.1, -0.05) is 38.0 Å². The third-order valence-electron chi connectivity index (χ3n) is 3.30. The molecule has 0 saturated heterocycles. The van der Waals surface area contributed by atoms with Crippen molar-refractivity contribution in [3.63, 3.8) is 0 Å². The molecule has 0 spiro atoms. The molecule has 0 radical (unpaired) electrons. The van der Waals surface area contributed by atoms with Crippen LogP contribution < -0.4 is 4.72 Å². The Labute approximate surface area is 114 Å². The zero-order chi connectivity index (χ0) is 16.1. The molecule has 4 heteroatoms. The Morgan fingerprint density at radius 2 is 2.00 bits per heavy atom. The van der Waals surface area contributed by atoms with Crippen LogP contribution in [0.2, 0.25) is 0 Å². The van der Waals surface area contributed by atoms with Gasteiger partial charge in [0, 0.05) is 10.1 Å². The van der Waals surface area contributed by atoms with Gasteiger partial charge in [0.2, 0.25) is 10.0 Å². The summed E-state index contributed by atoms with van der Waals surface area (Å²) in [4.78, 5) is 0.0539. The zero-order valence-corrected chi connectivity index (χ0v) is 11.8. The van der Waals surface area contributed by atoms with E-state index in [0.29, 0.717) is 6.42 Å². The second-order valence-corrected chi connectivity index (χ2v) is 7.04. The van der Waals surface area contributed by atoms with Crippen molar-refractivity contribution in [3.05, 3.63) is 29.8 Å². The lowest BCUT2D eigenvalue weighted by molar-refractivity contribution is 0.313. The molecule has 1 atom stereocenters. The van der Waals surface area contributed by atoms with Gasteiger partial charge in [0.1, 0.15) is 0 Å². The van der Waals surface area contributed by atoms with Crippen LogP contribution in [0.5, 0.6) is 0 Å². The monoisotopic (exact) mass is 270 g/mol. The second-order valence-electron chi connectivity index (χ2n) is 5.35. The molecule has 18 heavy (non-hydrogen) atoms. The quantitative estimate of drug-likeness (QED) is 0.918. The maximum atomic E-state index is 12.5. The third kappa shape index (κ3) is 2.75. The molecule has 1 fully saturated rings. The summed E-state index contributed by atoms with van der Waals surface area (Å²) < 4.78 is 51.8. The summed E-state index contributed by atoms with van der Waals surface area (Å²) >= 11 is 0. The van der Waals surface area contributed by atoms with Crippen molar-refractivity contribution in [3.8, 4) is 0 Å². The molecule has 100 valence electrons. The molecule has 0 amide bonds. The van der Waals surface area contributed by atoms with Crippen molar-refractivity contribution >= 4 is 10.0 Å². The Kier molecular flexibility index (Phi) is 2.59. The summed E-state index contributed by atoms with van der Waals surface area (Å²) in [7, 11) is -3.94. The van der Waals surface area contributed by atoms with Gasteiger partial charge >= 0.3 is 0 Å². The lowest BCUT2D eigenvalue weighted by atomic mass is 9.88. The van der Waals surface area contributed by atoms with E-state index in [-0.39, 0.29) is 11.3 Å². The molecule has 1 aromatic carbocycles. The molecule has 1 aliphatic rings. The summed E-state index contributed by atoms with van der Waals surface area (Å²) in [6.45, 7) is 5.31. The summed E-state index contributed by atoms with van der Waals surface area (Å²) in [6, 6.07) is 4.42. The van der Waals surface area contributed by atoms with Crippen molar-refractivity contribution in [2.75, 3.05) is 0 Å². The summed E-state index contributed by atoms with van der Waals surface area (Å²) in [5.74, 6) is 0. The minimum Gasteiger partial charge on any atom is -0.208 e. The summed E-state index contributed by atoms with van der Waals surface area (Å²) in [6.07, 6.45) is -1.28. The first-order chi connectivity index (χ1) is 9.41. The van der Waals surface area contributed by atoms with Gasteiger partial charge in [-0.25, -0.2) is 13.1 Å². The highest BCUT2D eigenvalue weighted by molar-refractivity contribution is 7.89. The molecule has 2 rings (SSSR count). The Balaban J connectivity index is 2.41. The molecule has 1 aromatic rings. The smallest absolute Gasteiger partial charge is 0.208 e. The third-order valence-corrected chi connectivity index (χ3v) is 4.66. The van der Waals surface area contributed by atoms with Gasteiger partial charge in [0.25, 0.3) is 0 Å². The van der Waals surface area contributed by atoms with Crippen LogP contribution in [-0.4, -0.2) is 14.4 Å². The van der Waals surface area contributed by atoms with Gasteiger partial charge in [-0.3, -0.25) is 0 Å². The van der Waals surface area contributed by atoms with E-state index < -0.39 is 27.8 Å². The van der Waals surface area contributed by atoms with Gasteiger partial charge in [-0.05, 0) is 37.3 Å². The maximum absolute atomic E-state index is 12.5. The summed E-state index contributed by atoms with van der Waals surface area (Å²) in [5.41, 5.74) is 0.153. The predicted octanol–water partition coefficient (Wildman–Crippen LogP) is 2.85. The van der Waals surface area contributed by atoms with Crippen molar-refractivity contribution in [1.82, 2.24) is 4.72 Å². The van der Waals surface area contributed by atoms with Crippen molar-refractivity contribution in [1.29, 1.82) is 0 Å².